The molecule has 0 aliphatic carbocycles. The molecule has 3 rings (SSSR count). The number of carbonyl (C=O) groups is 4. The predicted octanol–water partition coefficient (Wildman–Crippen LogP) is 1.77. The van der Waals surface area contributed by atoms with Gasteiger partial charge in [0, 0.05) is 11.6 Å². The maximum absolute atomic E-state index is 12.7. The second-order valence-electron chi connectivity index (χ2n) is 6.01. The van der Waals surface area contributed by atoms with Gasteiger partial charge in [-0.15, -0.1) is 0 Å². The van der Waals surface area contributed by atoms with E-state index in [1.54, 1.807) is 42.5 Å². The number of nitrogens with one attached hydrogen (secondary N) is 2. The Balaban J connectivity index is 1.78. The quantitative estimate of drug-likeness (QED) is 0.570. The zero-order valence-corrected chi connectivity index (χ0v) is 15.4. The van der Waals surface area contributed by atoms with Gasteiger partial charge in [0.05, 0.1) is 24.5 Å². The molecule has 0 aliphatic rings. The first-order valence-electron chi connectivity index (χ1n) is 8.81. The van der Waals surface area contributed by atoms with Crippen molar-refractivity contribution in [1.82, 2.24) is 10.3 Å². The molecule has 8 nitrogen and oxygen atoms in total. The Labute approximate surface area is 166 Å². The van der Waals surface area contributed by atoms with E-state index in [-0.39, 0.29) is 18.8 Å². The molecule has 2 N–H and O–H groups in total. The number of pyridine rings is 1. The molecule has 8 heteroatoms. The van der Waals surface area contributed by atoms with E-state index in [1.165, 1.54) is 11.1 Å². The first kappa shape index (κ1) is 19.7. The van der Waals surface area contributed by atoms with Crippen molar-refractivity contribution in [1.29, 1.82) is 0 Å². The average molecular weight is 390 g/mol. The largest absolute Gasteiger partial charge is 0.342 e. The lowest BCUT2D eigenvalue weighted by molar-refractivity contribution is -0.119. The fraction of sp³-hybridized carbons (Fsp3) is 0.0952. The lowest BCUT2D eigenvalue weighted by Crippen LogP contribution is -2.41. The van der Waals surface area contributed by atoms with Crippen LogP contribution in [0.2, 0.25) is 0 Å². The monoisotopic (exact) mass is 390 g/mol. The highest BCUT2D eigenvalue weighted by atomic mass is 16.2. The molecule has 1 heterocycles. The van der Waals surface area contributed by atoms with Gasteiger partial charge in [-0.05, 0) is 23.6 Å². The van der Waals surface area contributed by atoms with Crippen molar-refractivity contribution >= 4 is 46.7 Å². The molecule has 0 fully saturated rings. The summed E-state index contributed by atoms with van der Waals surface area (Å²) in [6.45, 7) is -0.564. The minimum Gasteiger partial charge on any atom is -0.342 e. The van der Waals surface area contributed by atoms with E-state index in [1.807, 2.05) is 12.1 Å². The van der Waals surface area contributed by atoms with Crippen molar-refractivity contribution in [3.63, 3.8) is 0 Å². The maximum Gasteiger partial charge on any atom is 0.270 e. The van der Waals surface area contributed by atoms with E-state index < -0.39 is 11.8 Å². The molecule has 0 bridgehead atoms. The van der Waals surface area contributed by atoms with Crippen LogP contribution >= 0.6 is 0 Å². The molecule has 0 saturated heterocycles. The summed E-state index contributed by atoms with van der Waals surface area (Å²) in [6, 6.07) is 15.7. The molecule has 3 amide bonds. The molecule has 0 radical (unpaired) electrons. The third-order valence-electron chi connectivity index (χ3n) is 4.26. The van der Waals surface area contributed by atoms with E-state index >= 15 is 0 Å². The highest BCUT2D eigenvalue weighted by Gasteiger charge is 2.20. The zero-order chi connectivity index (χ0) is 20.6. The lowest BCUT2D eigenvalue weighted by Gasteiger charge is -2.23. The van der Waals surface area contributed by atoms with Crippen LogP contribution in [-0.4, -0.2) is 42.6 Å². The number of anilines is 2. The Bertz CT molecular complexity index is 1060. The minimum absolute atomic E-state index is 0.209. The van der Waals surface area contributed by atoms with Gasteiger partial charge >= 0.3 is 0 Å². The van der Waals surface area contributed by atoms with Crippen molar-refractivity contribution in [2.75, 3.05) is 23.3 Å². The summed E-state index contributed by atoms with van der Waals surface area (Å²) in [5.74, 6) is -1.01. The minimum atomic E-state index is -0.508. The van der Waals surface area contributed by atoms with Gasteiger partial charge in [0.25, 0.3) is 5.91 Å². The summed E-state index contributed by atoms with van der Waals surface area (Å²) in [6.07, 6.45) is 2.58. The molecule has 1 aromatic heterocycles. The number of hydrogen-bond donors (Lipinski definition) is 2. The third-order valence-corrected chi connectivity index (χ3v) is 4.26. The topological polar surface area (TPSA) is 108 Å². The molecule has 2 aromatic carbocycles. The first-order chi connectivity index (χ1) is 14.2. The van der Waals surface area contributed by atoms with Gasteiger partial charge in [0.1, 0.15) is 12.0 Å². The van der Waals surface area contributed by atoms with Gasteiger partial charge < -0.3 is 20.3 Å². The van der Waals surface area contributed by atoms with Crippen LogP contribution in [0, 0.1) is 0 Å². The molecular formula is C21H18N4O4. The van der Waals surface area contributed by atoms with Gasteiger partial charge in [-0.1, -0.05) is 36.4 Å². The van der Waals surface area contributed by atoms with Crippen LogP contribution < -0.4 is 15.5 Å². The number of amides is 3. The summed E-state index contributed by atoms with van der Waals surface area (Å²) >= 11 is 0. The van der Waals surface area contributed by atoms with E-state index in [0.29, 0.717) is 29.5 Å². The maximum atomic E-state index is 12.7. The van der Waals surface area contributed by atoms with E-state index in [2.05, 4.69) is 15.6 Å². The van der Waals surface area contributed by atoms with Crippen molar-refractivity contribution in [3.05, 3.63) is 66.5 Å². The number of aldehydes is 1. The lowest BCUT2D eigenvalue weighted by atomic mass is 10.1. The highest BCUT2D eigenvalue weighted by Crippen LogP contribution is 2.25. The van der Waals surface area contributed by atoms with E-state index in [9.17, 15) is 19.2 Å². The molecule has 0 aliphatic heterocycles. The molecular weight excluding hydrogens is 372 g/mol. The summed E-state index contributed by atoms with van der Waals surface area (Å²) in [7, 11) is 0. The first-order valence-corrected chi connectivity index (χ1v) is 8.81. The molecule has 0 unspecified atom stereocenters. The van der Waals surface area contributed by atoms with Crippen LogP contribution in [0.1, 0.15) is 10.5 Å². The summed E-state index contributed by atoms with van der Waals surface area (Å²) < 4.78 is 0. The Hall–Kier alpha value is -4.07. The molecule has 146 valence electrons. The molecule has 3 aromatic rings. The van der Waals surface area contributed by atoms with Crippen molar-refractivity contribution in [2.45, 2.75) is 0 Å². The van der Waals surface area contributed by atoms with Crippen LogP contribution in [-0.2, 0) is 14.4 Å². The van der Waals surface area contributed by atoms with Crippen LogP contribution in [0.3, 0.4) is 0 Å². The van der Waals surface area contributed by atoms with Crippen LogP contribution in [0.5, 0.6) is 0 Å². The number of rotatable bonds is 8. The van der Waals surface area contributed by atoms with Crippen molar-refractivity contribution < 1.29 is 19.2 Å². The highest BCUT2D eigenvalue weighted by molar-refractivity contribution is 6.07. The van der Waals surface area contributed by atoms with Crippen LogP contribution in [0.4, 0.5) is 11.4 Å². The molecule has 0 saturated carbocycles. The molecule has 29 heavy (non-hydrogen) atoms. The summed E-state index contributed by atoms with van der Waals surface area (Å²) in [5, 5.41) is 6.57. The SMILES string of the molecule is O=CCN(C(=O)CNC(=O)c1nccc2ccccc12)c1ccccc1NC=O. The fourth-order valence-electron chi connectivity index (χ4n) is 2.94. The molecule has 0 atom stereocenters. The Kier molecular flexibility index (Phi) is 6.26. The van der Waals surface area contributed by atoms with E-state index in [0.717, 1.165) is 5.39 Å². The normalized spacial score (nSPS) is 10.2. The summed E-state index contributed by atoms with van der Waals surface area (Å²) in [4.78, 5) is 52.5. The van der Waals surface area contributed by atoms with Crippen LogP contribution in [0.25, 0.3) is 10.8 Å². The standard InChI is InChI=1S/C21H18N4O4/c26-12-11-25(18-8-4-3-7-17(18)24-14-27)19(28)13-23-21(29)20-16-6-2-1-5-15(16)9-10-22-20/h1-10,12,14H,11,13H2,(H,23,29)(H,24,27). The van der Waals surface area contributed by atoms with Crippen molar-refractivity contribution in [3.8, 4) is 0 Å². The number of carbonyl (C=O) groups excluding carboxylic acids is 4. The Morgan fingerprint density at radius 3 is 2.55 bits per heavy atom. The number of benzene rings is 2. The Morgan fingerprint density at radius 2 is 1.76 bits per heavy atom. The van der Waals surface area contributed by atoms with Gasteiger partial charge in [0.15, 0.2) is 0 Å². The number of hydrogen-bond acceptors (Lipinski definition) is 5. The number of fused-ring (bicyclic) bond motifs is 1. The third kappa shape index (κ3) is 4.44. The smallest absolute Gasteiger partial charge is 0.270 e. The Morgan fingerprint density at radius 1 is 1.00 bits per heavy atom. The predicted molar refractivity (Wildman–Crippen MR) is 109 cm³/mol. The zero-order valence-electron chi connectivity index (χ0n) is 15.4. The van der Waals surface area contributed by atoms with Gasteiger partial charge in [-0.3, -0.25) is 19.4 Å². The number of nitrogens with zero attached hydrogens (tertiary/aromatic N) is 2. The van der Waals surface area contributed by atoms with Gasteiger partial charge in [-0.25, -0.2) is 0 Å². The van der Waals surface area contributed by atoms with Crippen molar-refractivity contribution in [2.24, 2.45) is 0 Å². The average Bonchev–Trinajstić information content (AvgIpc) is 2.76. The molecule has 0 spiro atoms. The second kappa shape index (κ2) is 9.23. The summed E-state index contributed by atoms with van der Waals surface area (Å²) in [5.41, 5.74) is 0.940. The number of aromatic nitrogens is 1. The van der Waals surface area contributed by atoms with Gasteiger partial charge in [-0.2, -0.15) is 0 Å². The second-order valence-corrected chi connectivity index (χ2v) is 6.01. The van der Waals surface area contributed by atoms with E-state index in [4.69, 9.17) is 0 Å². The number of para-hydroxylation sites is 2. The van der Waals surface area contributed by atoms with Crippen LogP contribution in [0.15, 0.2) is 60.8 Å². The fourth-order valence-corrected chi connectivity index (χ4v) is 2.94. The van der Waals surface area contributed by atoms with Gasteiger partial charge in [0.2, 0.25) is 12.3 Å².